The van der Waals surface area contributed by atoms with Gasteiger partial charge in [0, 0.05) is 0 Å². The summed E-state index contributed by atoms with van der Waals surface area (Å²) in [5.74, 6) is -1.58. The number of hydrogen-bond acceptors (Lipinski definition) is 4. The van der Waals surface area contributed by atoms with Gasteiger partial charge in [0.05, 0.1) is 6.10 Å². The molecule has 0 saturated carbocycles. The van der Waals surface area contributed by atoms with E-state index in [9.17, 15) is 14.7 Å². The zero-order valence-corrected chi connectivity index (χ0v) is 15.7. The van der Waals surface area contributed by atoms with Gasteiger partial charge in [0.1, 0.15) is 6.10 Å². The molecule has 5 nitrogen and oxygen atoms in total. The highest BCUT2D eigenvalue weighted by Crippen LogP contribution is 2.41. The number of allylic oxidation sites excluding steroid dienone is 1. The predicted molar refractivity (Wildman–Crippen MR) is 97.5 cm³/mol. The normalized spacial score (nSPS) is 23.7. The third-order valence-electron chi connectivity index (χ3n) is 4.87. The van der Waals surface area contributed by atoms with Crippen molar-refractivity contribution in [2.24, 2.45) is 0 Å². The Morgan fingerprint density at radius 1 is 1.12 bits per heavy atom. The van der Waals surface area contributed by atoms with Crippen LogP contribution in [0.3, 0.4) is 0 Å². The number of rotatable bonds is 15. The number of carboxylic acids is 1. The van der Waals surface area contributed by atoms with Crippen molar-refractivity contribution in [1.82, 2.24) is 0 Å². The molecule has 5 heteroatoms. The summed E-state index contributed by atoms with van der Waals surface area (Å²) in [7, 11) is 0. The van der Waals surface area contributed by atoms with E-state index in [1.165, 1.54) is 26.2 Å². The van der Waals surface area contributed by atoms with E-state index in [1.54, 1.807) is 0 Å². The molecule has 1 aliphatic heterocycles. The Hall–Kier alpha value is -1.20. The van der Waals surface area contributed by atoms with Crippen LogP contribution in [0.1, 0.15) is 84.5 Å². The fraction of sp³-hybridized carbons (Fsp3) is 0.800. The van der Waals surface area contributed by atoms with E-state index in [4.69, 9.17) is 9.84 Å². The molecule has 1 aliphatic rings. The van der Waals surface area contributed by atoms with Crippen molar-refractivity contribution in [2.75, 3.05) is 0 Å². The van der Waals surface area contributed by atoms with Gasteiger partial charge in [-0.2, -0.15) is 0 Å². The van der Waals surface area contributed by atoms with E-state index in [0.29, 0.717) is 6.42 Å². The zero-order valence-electron chi connectivity index (χ0n) is 15.7. The molecule has 0 amide bonds. The molecule has 1 fully saturated rings. The average molecular weight is 354 g/mol. The molecule has 2 N–H and O–H groups in total. The first-order valence-corrected chi connectivity index (χ1v) is 9.70. The maximum absolute atomic E-state index is 11.4. The number of ketones is 1. The lowest BCUT2D eigenvalue weighted by atomic mass is 9.97. The molecule has 0 aliphatic carbocycles. The van der Waals surface area contributed by atoms with Gasteiger partial charge >= 0.3 is 5.97 Å². The minimum atomic E-state index is -1.56. The van der Waals surface area contributed by atoms with Gasteiger partial charge in [-0.1, -0.05) is 57.6 Å². The van der Waals surface area contributed by atoms with Crippen molar-refractivity contribution in [3.05, 3.63) is 12.2 Å². The summed E-state index contributed by atoms with van der Waals surface area (Å²) in [6.07, 6.45) is 14.3. The van der Waals surface area contributed by atoms with Crippen molar-refractivity contribution >= 4 is 11.8 Å². The van der Waals surface area contributed by atoms with Crippen molar-refractivity contribution in [3.8, 4) is 0 Å². The summed E-state index contributed by atoms with van der Waals surface area (Å²) >= 11 is 0. The topological polar surface area (TPSA) is 87.1 Å². The third kappa shape index (κ3) is 7.28. The molecule has 0 bridgehead atoms. The standard InChI is InChI=1S/C20H34O5/c1-3-4-5-10-13-17(22)14-11-8-6-7-9-12-15-18-20(25-18,16(2)21)19(23)24/h8,11,17-18,22H,3-7,9-10,12-15H2,1-2H3,(H,23,24)/b11-8-. The maximum Gasteiger partial charge on any atom is 0.346 e. The fourth-order valence-corrected chi connectivity index (χ4v) is 3.17. The highest BCUT2D eigenvalue weighted by atomic mass is 16.6. The van der Waals surface area contributed by atoms with Crippen LogP contribution in [0.15, 0.2) is 12.2 Å². The van der Waals surface area contributed by atoms with E-state index in [2.05, 4.69) is 19.1 Å². The van der Waals surface area contributed by atoms with E-state index >= 15 is 0 Å². The zero-order chi connectivity index (χ0) is 18.7. The summed E-state index contributed by atoms with van der Waals surface area (Å²) in [5.41, 5.74) is -1.56. The molecule has 1 rings (SSSR count). The minimum Gasteiger partial charge on any atom is -0.479 e. The Balaban J connectivity index is 2.00. The number of carboxylic acid groups (broad SMARTS) is 1. The first-order valence-electron chi connectivity index (χ1n) is 9.70. The van der Waals surface area contributed by atoms with E-state index in [0.717, 1.165) is 44.9 Å². The third-order valence-corrected chi connectivity index (χ3v) is 4.87. The van der Waals surface area contributed by atoms with Gasteiger partial charge < -0.3 is 14.9 Å². The maximum atomic E-state index is 11.4. The van der Waals surface area contributed by atoms with Crippen LogP contribution in [0, 0.1) is 0 Å². The van der Waals surface area contributed by atoms with Crippen LogP contribution in [0.2, 0.25) is 0 Å². The van der Waals surface area contributed by atoms with Crippen LogP contribution in [0.5, 0.6) is 0 Å². The number of carbonyl (C=O) groups is 2. The molecule has 0 aromatic carbocycles. The van der Waals surface area contributed by atoms with Gasteiger partial charge in [-0.15, -0.1) is 0 Å². The second-order valence-electron chi connectivity index (χ2n) is 7.05. The molecule has 0 aromatic rings. The van der Waals surface area contributed by atoms with Crippen molar-refractivity contribution in [3.63, 3.8) is 0 Å². The SMILES string of the molecule is CCCCCCC(O)C/C=C\CCCCCC1OC1(C(C)=O)C(=O)O. The number of hydrogen-bond donors (Lipinski definition) is 2. The van der Waals surface area contributed by atoms with Crippen LogP contribution < -0.4 is 0 Å². The Labute approximate surface area is 151 Å². The first-order chi connectivity index (χ1) is 11.9. The molecule has 144 valence electrons. The van der Waals surface area contributed by atoms with Crippen LogP contribution in [0.25, 0.3) is 0 Å². The molecule has 3 unspecified atom stereocenters. The van der Waals surface area contributed by atoms with Gasteiger partial charge in [0.2, 0.25) is 5.60 Å². The summed E-state index contributed by atoms with van der Waals surface area (Å²) in [5, 5.41) is 18.9. The second-order valence-corrected chi connectivity index (χ2v) is 7.05. The Bertz CT molecular complexity index is 429. The largest absolute Gasteiger partial charge is 0.479 e. The van der Waals surface area contributed by atoms with Crippen LogP contribution in [0.4, 0.5) is 0 Å². The van der Waals surface area contributed by atoms with E-state index in [-0.39, 0.29) is 6.10 Å². The highest BCUT2D eigenvalue weighted by Gasteiger charge is 2.66. The number of carbonyl (C=O) groups excluding carboxylic acids is 1. The lowest BCUT2D eigenvalue weighted by Crippen LogP contribution is -2.34. The number of aliphatic hydroxyl groups is 1. The lowest BCUT2D eigenvalue weighted by Gasteiger charge is -2.07. The Kier molecular flexibility index (Phi) is 9.98. The fourth-order valence-electron chi connectivity index (χ4n) is 3.17. The van der Waals surface area contributed by atoms with Gasteiger partial charge in [0.15, 0.2) is 5.78 Å². The van der Waals surface area contributed by atoms with E-state index < -0.39 is 23.5 Å². The molecule has 1 saturated heterocycles. The highest BCUT2D eigenvalue weighted by molar-refractivity contribution is 6.09. The molecule has 0 spiro atoms. The number of Topliss-reactive ketones (excluding diaryl/α,β-unsaturated/α-hetero) is 1. The molecule has 1 heterocycles. The van der Waals surface area contributed by atoms with Crippen molar-refractivity contribution in [1.29, 1.82) is 0 Å². The molecule has 3 atom stereocenters. The first kappa shape index (κ1) is 21.8. The molecule has 0 radical (unpaired) electrons. The van der Waals surface area contributed by atoms with Gasteiger partial charge in [-0.3, -0.25) is 4.79 Å². The van der Waals surface area contributed by atoms with Gasteiger partial charge in [-0.05, 0) is 39.0 Å². The molecular weight excluding hydrogens is 320 g/mol. The Morgan fingerprint density at radius 2 is 1.84 bits per heavy atom. The molecule has 25 heavy (non-hydrogen) atoms. The lowest BCUT2D eigenvalue weighted by molar-refractivity contribution is -0.147. The number of ether oxygens (including phenoxy) is 1. The van der Waals surface area contributed by atoms with Crippen LogP contribution in [-0.4, -0.2) is 39.8 Å². The molecular formula is C20H34O5. The van der Waals surface area contributed by atoms with Gasteiger partial charge in [0.25, 0.3) is 0 Å². The van der Waals surface area contributed by atoms with Crippen molar-refractivity contribution < 1.29 is 24.5 Å². The van der Waals surface area contributed by atoms with E-state index in [1.807, 2.05) is 0 Å². The smallest absolute Gasteiger partial charge is 0.346 e. The number of epoxide rings is 1. The minimum absolute atomic E-state index is 0.226. The molecule has 0 aromatic heterocycles. The Morgan fingerprint density at radius 3 is 2.44 bits per heavy atom. The van der Waals surface area contributed by atoms with Crippen molar-refractivity contribution in [2.45, 2.75) is 102 Å². The summed E-state index contributed by atoms with van der Waals surface area (Å²) in [6.45, 7) is 3.46. The number of aliphatic carboxylic acids is 1. The average Bonchev–Trinajstić information content (AvgIpc) is 3.30. The predicted octanol–water partition coefficient (Wildman–Crippen LogP) is 4.03. The van der Waals surface area contributed by atoms with Crippen LogP contribution in [-0.2, 0) is 14.3 Å². The summed E-state index contributed by atoms with van der Waals surface area (Å²) < 4.78 is 5.16. The second kappa shape index (κ2) is 11.4. The number of aliphatic hydroxyl groups excluding tert-OH is 1. The summed E-state index contributed by atoms with van der Waals surface area (Å²) in [4.78, 5) is 22.5. The number of unbranched alkanes of at least 4 members (excludes halogenated alkanes) is 6. The quantitative estimate of drug-likeness (QED) is 0.201. The monoisotopic (exact) mass is 354 g/mol. The van der Waals surface area contributed by atoms with Crippen LogP contribution >= 0.6 is 0 Å². The van der Waals surface area contributed by atoms with Gasteiger partial charge in [-0.25, -0.2) is 4.79 Å². The summed E-state index contributed by atoms with van der Waals surface area (Å²) in [6, 6.07) is 0.